The first-order valence-corrected chi connectivity index (χ1v) is 9.83. The monoisotopic (exact) mass is 415 g/mol. The van der Waals surface area contributed by atoms with Crippen LogP contribution in [0.5, 0.6) is 17.2 Å². The molecule has 0 saturated heterocycles. The van der Waals surface area contributed by atoms with Gasteiger partial charge in [0.2, 0.25) is 0 Å². The van der Waals surface area contributed by atoms with Crippen LogP contribution in [0.3, 0.4) is 0 Å². The number of amides is 2. The molecule has 4 rings (SSSR count). The number of phenols is 1. The zero-order valence-electron chi connectivity index (χ0n) is 17.2. The highest BCUT2D eigenvalue weighted by atomic mass is 16.5. The summed E-state index contributed by atoms with van der Waals surface area (Å²) in [6, 6.07) is 18.7. The van der Waals surface area contributed by atoms with Gasteiger partial charge >= 0.3 is 0 Å². The van der Waals surface area contributed by atoms with Crippen LogP contribution in [0.25, 0.3) is 11.6 Å². The van der Waals surface area contributed by atoms with Crippen molar-refractivity contribution in [2.75, 3.05) is 18.6 Å². The van der Waals surface area contributed by atoms with Crippen molar-refractivity contribution in [3.8, 4) is 17.2 Å². The number of methoxy groups -OCH3 is 1. The minimum Gasteiger partial charge on any atom is -0.504 e. The van der Waals surface area contributed by atoms with E-state index in [-0.39, 0.29) is 11.7 Å². The van der Waals surface area contributed by atoms with E-state index in [4.69, 9.17) is 9.47 Å². The molecule has 0 atom stereocenters. The molecule has 2 amide bonds. The van der Waals surface area contributed by atoms with Crippen LogP contribution in [-0.2, 0) is 4.79 Å². The lowest BCUT2D eigenvalue weighted by molar-refractivity contribution is -0.112. The summed E-state index contributed by atoms with van der Waals surface area (Å²) in [6.45, 7) is 2.41. The Balaban J connectivity index is 1.81. The van der Waals surface area contributed by atoms with E-state index in [0.29, 0.717) is 46.1 Å². The molecule has 0 bridgehead atoms. The lowest BCUT2D eigenvalue weighted by Crippen LogP contribution is -2.41. The predicted molar refractivity (Wildman–Crippen MR) is 118 cm³/mol. The second-order valence-corrected chi connectivity index (χ2v) is 6.91. The van der Waals surface area contributed by atoms with Crippen molar-refractivity contribution in [3.63, 3.8) is 0 Å². The number of phenolic OH excluding ortho intramolecular Hbond substituents is 1. The summed E-state index contributed by atoms with van der Waals surface area (Å²) in [7, 11) is 1.47. The Bertz CT molecular complexity index is 1180. The van der Waals surface area contributed by atoms with Crippen LogP contribution in [0.4, 0.5) is 5.69 Å². The Morgan fingerprint density at radius 3 is 2.29 bits per heavy atom. The summed E-state index contributed by atoms with van der Waals surface area (Å²) >= 11 is 0. The summed E-state index contributed by atoms with van der Waals surface area (Å²) in [6.07, 6.45) is 1.66. The Morgan fingerprint density at radius 2 is 1.65 bits per heavy atom. The van der Waals surface area contributed by atoms with Crippen molar-refractivity contribution in [2.45, 2.75) is 6.92 Å². The molecule has 0 aliphatic carbocycles. The van der Waals surface area contributed by atoms with E-state index in [0.717, 1.165) is 4.90 Å². The van der Waals surface area contributed by atoms with Crippen molar-refractivity contribution in [1.82, 2.24) is 0 Å². The number of carbonyl (C=O) groups excluding carboxylic acids is 2. The second kappa shape index (κ2) is 8.36. The molecule has 3 aromatic carbocycles. The van der Waals surface area contributed by atoms with Crippen LogP contribution in [0.15, 0.2) is 66.7 Å². The van der Waals surface area contributed by atoms with Crippen molar-refractivity contribution < 1.29 is 24.2 Å². The number of rotatable bonds is 5. The minimum atomic E-state index is -0.442. The van der Waals surface area contributed by atoms with Gasteiger partial charge in [0, 0.05) is 11.1 Å². The Kier molecular flexibility index (Phi) is 5.45. The number of hydrogen-bond acceptors (Lipinski definition) is 5. The zero-order chi connectivity index (χ0) is 22.0. The highest BCUT2D eigenvalue weighted by Crippen LogP contribution is 2.35. The van der Waals surface area contributed by atoms with Crippen LogP contribution in [0, 0.1) is 0 Å². The van der Waals surface area contributed by atoms with Crippen LogP contribution >= 0.6 is 0 Å². The average Bonchev–Trinajstić information content (AvgIpc) is 2.78. The van der Waals surface area contributed by atoms with Crippen LogP contribution in [-0.4, -0.2) is 30.6 Å². The molecule has 1 N–H and O–H groups in total. The van der Waals surface area contributed by atoms with Gasteiger partial charge < -0.3 is 14.6 Å². The predicted octanol–water partition coefficient (Wildman–Crippen LogP) is 4.53. The van der Waals surface area contributed by atoms with Gasteiger partial charge in [0.25, 0.3) is 11.8 Å². The number of nitrogens with zero attached hydrogens (tertiary/aromatic N) is 1. The first-order chi connectivity index (χ1) is 15.0. The van der Waals surface area contributed by atoms with E-state index in [2.05, 4.69) is 0 Å². The Hall–Kier alpha value is -4.06. The molecule has 6 heteroatoms. The number of anilines is 1. The summed E-state index contributed by atoms with van der Waals surface area (Å²) < 4.78 is 10.5. The maximum absolute atomic E-state index is 13.4. The molecule has 1 heterocycles. The van der Waals surface area contributed by atoms with Gasteiger partial charge in [-0.25, -0.2) is 4.90 Å². The third-order valence-corrected chi connectivity index (χ3v) is 5.00. The largest absolute Gasteiger partial charge is 0.504 e. The fourth-order valence-electron chi connectivity index (χ4n) is 3.55. The second-order valence-electron chi connectivity index (χ2n) is 6.91. The van der Waals surface area contributed by atoms with Gasteiger partial charge in [-0.15, -0.1) is 0 Å². The molecule has 0 unspecified atom stereocenters. The van der Waals surface area contributed by atoms with Crippen molar-refractivity contribution in [3.05, 3.63) is 83.4 Å². The molecule has 0 aromatic heterocycles. The van der Waals surface area contributed by atoms with E-state index < -0.39 is 5.91 Å². The van der Waals surface area contributed by atoms with E-state index in [1.54, 1.807) is 66.7 Å². The number of fused-ring (bicyclic) bond motifs is 1. The molecule has 6 nitrogen and oxygen atoms in total. The Labute approximate surface area is 180 Å². The van der Waals surface area contributed by atoms with Gasteiger partial charge in [0.1, 0.15) is 5.75 Å². The van der Waals surface area contributed by atoms with Crippen LogP contribution in [0.1, 0.15) is 28.4 Å². The first kappa shape index (κ1) is 20.2. The highest BCUT2D eigenvalue weighted by molar-refractivity contribution is 6.43. The quantitative estimate of drug-likeness (QED) is 0.490. The molecule has 31 heavy (non-hydrogen) atoms. The van der Waals surface area contributed by atoms with Crippen molar-refractivity contribution >= 4 is 29.2 Å². The number of imide groups is 1. The topological polar surface area (TPSA) is 76.1 Å². The smallest absolute Gasteiger partial charge is 0.265 e. The summed E-state index contributed by atoms with van der Waals surface area (Å²) in [4.78, 5) is 27.8. The Morgan fingerprint density at radius 1 is 0.935 bits per heavy atom. The third kappa shape index (κ3) is 3.75. The average molecular weight is 415 g/mol. The van der Waals surface area contributed by atoms with E-state index >= 15 is 0 Å². The first-order valence-electron chi connectivity index (χ1n) is 9.83. The lowest BCUT2D eigenvalue weighted by Gasteiger charge is -2.28. The fourth-order valence-corrected chi connectivity index (χ4v) is 3.55. The molecule has 156 valence electrons. The molecule has 1 aliphatic heterocycles. The van der Waals surface area contributed by atoms with Gasteiger partial charge in [-0.05, 0) is 66.6 Å². The molecule has 0 saturated carbocycles. The highest BCUT2D eigenvalue weighted by Gasteiger charge is 2.35. The van der Waals surface area contributed by atoms with Gasteiger partial charge in [0.05, 0.1) is 19.4 Å². The van der Waals surface area contributed by atoms with E-state index in [1.165, 1.54) is 13.2 Å². The molecule has 0 radical (unpaired) electrons. The van der Waals surface area contributed by atoms with Crippen LogP contribution in [0.2, 0.25) is 0 Å². The SMILES string of the molecule is CCOc1ccc(N2C(=O)/C(=C\c3ccc(OC)c(O)c3)c3ccccc3C2=O)cc1. The number of aromatic hydroxyl groups is 1. The maximum atomic E-state index is 13.4. The van der Waals surface area contributed by atoms with Gasteiger partial charge in [0.15, 0.2) is 11.5 Å². The minimum absolute atomic E-state index is 0.0344. The number of hydrogen-bond donors (Lipinski definition) is 1. The summed E-state index contributed by atoms with van der Waals surface area (Å²) in [5, 5.41) is 10.1. The molecule has 1 aliphatic rings. The number of benzene rings is 3. The molecule has 3 aromatic rings. The molecular weight excluding hydrogens is 394 g/mol. The molecule has 0 spiro atoms. The van der Waals surface area contributed by atoms with E-state index in [9.17, 15) is 14.7 Å². The summed E-state index contributed by atoms with van der Waals surface area (Å²) in [5.74, 6) is 0.132. The van der Waals surface area contributed by atoms with Crippen molar-refractivity contribution in [2.24, 2.45) is 0 Å². The van der Waals surface area contributed by atoms with Crippen molar-refractivity contribution in [1.29, 1.82) is 0 Å². The maximum Gasteiger partial charge on any atom is 0.265 e. The van der Waals surface area contributed by atoms with Crippen LogP contribution < -0.4 is 14.4 Å². The standard InChI is InChI=1S/C25H21NO5/c1-3-31-18-11-9-17(10-12-18)26-24(28)20-7-5-4-6-19(20)21(25(26)29)14-16-8-13-23(30-2)22(27)15-16/h4-15,27H,3H2,1-2H3/b21-14-. The van der Waals surface area contributed by atoms with E-state index in [1.807, 2.05) is 6.92 Å². The lowest BCUT2D eigenvalue weighted by atomic mass is 9.91. The molecular formula is C25H21NO5. The summed E-state index contributed by atoms with van der Waals surface area (Å²) in [5.41, 5.74) is 2.40. The fraction of sp³-hybridized carbons (Fsp3) is 0.120. The number of ether oxygens (including phenoxy) is 2. The molecule has 0 fully saturated rings. The van der Waals surface area contributed by atoms with Gasteiger partial charge in [-0.2, -0.15) is 0 Å². The van der Waals surface area contributed by atoms with Gasteiger partial charge in [-0.3, -0.25) is 9.59 Å². The zero-order valence-corrected chi connectivity index (χ0v) is 17.2. The third-order valence-electron chi connectivity index (χ3n) is 5.00. The number of carbonyl (C=O) groups is 2. The van der Waals surface area contributed by atoms with Gasteiger partial charge in [-0.1, -0.05) is 24.3 Å². The normalized spacial score (nSPS) is 14.5.